The molecule has 2 fully saturated rings. The van der Waals surface area contributed by atoms with Crippen LogP contribution < -0.4 is 5.73 Å². The highest BCUT2D eigenvalue weighted by Crippen LogP contribution is 2.25. The van der Waals surface area contributed by atoms with Crippen LogP contribution in [0.1, 0.15) is 12.8 Å². The number of likely N-dealkylation sites (tertiary alicyclic amines) is 1. The molecule has 7 nitrogen and oxygen atoms in total. The van der Waals surface area contributed by atoms with Crippen molar-refractivity contribution in [3.63, 3.8) is 0 Å². The monoisotopic (exact) mass is 287 g/mol. The lowest BCUT2D eigenvalue weighted by molar-refractivity contribution is -0.141. The van der Waals surface area contributed by atoms with Gasteiger partial charge in [0.05, 0.1) is 11.8 Å². The van der Waals surface area contributed by atoms with Gasteiger partial charge < -0.3 is 20.6 Å². The first-order valence-corrected chi connectivity index (χ1v) is 7.31. The molecular weight excluding hydrogens is 270 g/mol. The van der Waals surface area contributed by atoms with Gasteiger partial charge >= 0.3 is 12.0 Å². The third-order valence-electron chi connectivity index (χ3n) is 3.51. The molecule has 0 aromatic rings. The predicted octanol–water partition coefficient (Wildman–Crippen LogP) is -0.237. The Labute approximate surface area is 115 Å². The number of urea groups is 1. The molecule has 0 saturated carbocycles. The summed E-state index contributed by atoms with van der Waals surface area (Å²) >= 11 is 1.42. The fourth-order valence-corrected chi connectivity index (χ4v) is 3.54. The van der Waals surface area contributed by atoms with E-state index in [1.165, 1.54) is 16.7 Å². The van der Waals surface area contributed by atoms with Gasteiger partial charge in [-0.05, 0) is 12.8 Å². The maximum Gasteiger partial charge on any atom is 0.327 e. The molecule has 8 heteroatoms. The summed E-state index contributed by atoms with van der Waals surface area (Å²) in [5, 5.41) is 9.07. The smallest absolute Gasteiger partial charge is 0.327 e. The first-order valence-electron chi connectivity index (χ1n) is 6.16. The topological polar surface area (TPSA) is 104 Å². The number of aliphatic carboxylic acids is 1. The third kappa shape index (κ3) is 2.94. The molecule has 106 valence electrons. The van der Waals surface area contributed by atoms with E-state index in [-0.39, 0.29) is 11.9 Å². The van der Waals surface area contributed by atoms with Crippen molar-refractivity contribution in [2.24, 2.45) is 11.7 Å². The highest BCUT2D eigenvalue weighted by atomic mass is 32.2. The molecule has 0 aromatic heterocycles. The SMILES string of the molecule is NC(=O)C1CCCN(C(=O)N2CSC[C@H]2C(=O)O)C1. The average molecular weight is 287 g/mol. The van der Waals surface area contributed by atoms with Crippen LogP contribution in [0, 0.1) is 5.92 Å². The quantitative estimate of drug-likeness (QED) is 0.729. The number of primary amides is 1. The summed E-state index contributed by atoms with van der Waals surface area (Å²) in [7, 11) is 0. The molecule has 2 aliphatic rings. The van der Waals surface area contributed by atoms with Crippen LogP contribution in [0.3, 0.4) is 0 Å². The van der Waals surface area contributed by atoms with E-state index < -0.39 is 17.9 Å². The Morgan fingerprint density at radius 3 is 2.68 bits per heavy atom. The largest absolute Gasteiger partial charge is 0.480 e. The zero-order chi connectivity index (χ0) is 14.0. The molecule has 2 rings (SSSR count). The second-order valence-electron chi connectivity index (χ2n) is 4.79. The molecule has 0 spiro atoms. The van der Waals surface area contributed by atoms with Gasteiger partial charge in [-0.2, -0.15) is 0 Å². The Balaban J connectivity index is 2.02. The number of carbonyl (C=O) groups is 3. The van der Waals surface area contributed by atoms with E-state index in [1.807, 2.05) is 0 Å². The Kier molecular flexibility index (Phi) is 4.18. The number of nitrogens with zero attached hydrogens (tertiary/aromatic N) is 2. The van der Waals surface area contributed by atoms with Crippen molar-refractivity contribution < 1.29 is 19.5 Å². The zero-order valence-electron chi connectivity index (χ0n) is 10.4. The average Bonchev–Trinajstić information content (AvgIpc) is 2.87. The molecule has 2 heterocycles. The minimum absolute atomic E-state index is 0.293. The van der Waals surface area contributed by atoms with Crippen molar-refractivity contribution in [2.75, 3.05) is 24.7 Å². The normalized spacial score (nSPS) is 27.4. The number of hydrogen-bond donors (Lipinski definition) is 2. The van der Waals surface area contributed by atoms with Gasteiger partial charge in [0, 0.05) is 18.8 Å². The van der Waals surface area contributed by atoms with Gasteiger partial charge in [0.15, 0.2) is 0 Å². The van der Waals surface area contributed by atoms with Crippen molar-refractivity contribution in [1.29, 1.82) is 0 Å². The fraction of sp³-hybridized carbons (Fsp3) is 0.727. The van der Waals surface area contributed by atoms with Gasteiger partial charge in [-0.25, -0.2) is 9.59 Å². The molecule has 2 atom stereocenters. The van der Waals surface area contributed by atoms with E-state index in [0.717, 1.165) is 6.42 Å². The summed E-state index contributed by atoms with van der Waals surface area (Å²) in [5.74, 6) is -0.914. The molecule has 3 N–H and O–H groups in total. The Hall–Kier alpha value is -1.44. The molecule has 2 saturated heterocycles. The lowest BCUT2D eigenvalue weighted by atomic mass is 9.98. The van der Waals surface area contributed by atoms with Gasteiger partial charge in [-0.3, -0.25) is 4.79 Å². The van der Waals surface area contributed by atoms with Crippen LogP contribution in [0.2, 0.25) is 0 Å². The number of thioether (sulfide) groups is 1. The Morgan fingerprint density at radius 2 is 2.05 bits per heavy atom. The number of hydrogen-bond acceptors (Lipinski definition) is 4. The second kappa shape index (κ2) is 5.68. The number of carboxylic acids is 1. The Bertz CT molecular complexity index is 403. The van der Waals surface area contributed by atoms with Crippen LogP contribution in [0.15, 0.2) is 0 Å². The summed E-state index contributed by atoms with van der Waals surface area (Å²) in [6, 6.07) is -1.07. The highest BCUT2D eigenvalue weighted by Gasteiger charge is 2.38. The maximum absolute atomic E-state index is 12.3. The minimum Gasteiger partial charge on any atom is -0.480 e. The molecule has 0 bridgehead atoms. The number of nitrogens with two attached hydrogens (primary N) is 1. The molecule has 19 heavy (non-hydrogen) atoms. The number of carbonyl (C=O) groups excluding carboxylic acids is 2. The zero-order valence-corrected chi connectivity index (χ0v) is 11.3. The molecule has 0 radical (unpaired) electrons. The van der Waals surface area contributed by atoms with Crippen LogP contribution in [-0.4, -0.2) is 63.6 Å². The van der Waals surface area contributed by atoms with Crippen LogP contribution in [0.25, 0.3) is 0 Å². The Morgan fingerprint density at radius 1 is 1.32 bits per heavy atom. The number of piperidine rings is 1. The number of amides is 3. The van der Waals surface area contributed by atoms with E-state index in [4.69, 9.17) is 10.8 Å². The van der Waals surface area contributed by atoms with Crippen molar-refractivity contribution in [3.8, 4) is 0 Å². The van der Waals surface area contributed by atoms with Crippen LogP contribution in [-0.2, 0) is 9.59 Å². The lowest BCUT2D eigenvalue weighted by Crippen LogP contribution is -2.52. The molecule has 0 aliphatic carbocycles. The summed E-state index contributed by atoms with van der Waals surface area (Å²) < 4.78 is 0. The molecule has 2 aliphatic heterocycles. The van der Waals surface area contributed by atoms with E-state index >= 15 is 0 Å². The van der Waals surface area contributed by atoms with E-state index in [0.29, 0.717) is 31.1 Å². The predicted molar refractivity (Wildman–Crippen MR) is 69.5 cm³/mol. The second-order valence-corrected chi connectivity index (χ2v) is 5.79. The van der Waals surface area contributed by atoms with Gasteiger partial charge in [-0.15, -0.1) is 11.8 Å². The number of carboxylic acid groups (broad SMARTS) is 1. The first-order chi connectivity index (χ1) is 9.00. The van der Waals surface area contributed by atoms with Crippen molar-refractivity contribution in [1.82, 2.24) is 9.80 Å². The highest BCUT2D eigenvalue weighted by molar-refractivity contribution is 7.99. The molecular formula is C11H17N3O4S. The third-order valence-corrected chi connectivity index (χ3v) is 4.52. The van der Waals surface area contributed by atoms with Crippen molar-refractivity contribution in [3.05, 3.63) is 0 Å². The van der Waals surface area contributed by atoms with Crippen LogP contribution >= 0.6 is 11.8 Å². The molecule has 3 amide bonds. The minimum atomic E-state index is -0.984. The lowest BCUT2D eigenvalue weighted by Gasteiger charge is -2.35. The molecule has 0 aromatic carbocycles. The van der Waals surface area contributed by atoms with Crippen molar-refractivity contribution in [2.45, 2.75) is 18.9 Å². The first kappa shape index (κ1) is 14.0. The summed E-state index contributed by atoms with van der Waals surface area (Å²) in [4.78, 5) is 37.5. The summed E-state index contributed by atoms with van der Waals surface area (Å²) in [5.41, 5.74) is 5.27. The maximum atomic E-state index is 12.3. The van der Waals surface area contributed by atoms with Gasteiger partial charge in [0.1, 0.15) is 6.04 Å². The van der Waals surface area contributed by atoms with E-state index in [1.54, 1.807) is 4.90 Å². The van der Waals surface area contributed by atoms with Gasteiger partial charge in [0.25, 0.3) is 0 Å². The number of rotatable bonds is 2. The van der Waals surface area contributed by atoms with Crippen LogP contribution in [0.5, 0.6) is 0 Å². The van der Waals surface area contributed by atoms with Gasteiger partial charge in [-0.1, -0.05) is 0 Å². The summed E-state index contributed by atoms with van der Waals surface area (Å²) in [6.07, 6.45) is 1.41. The van der Waals surface area contributed by atoms with Gasteiger partial charge in [0.2, 0.25) is 5.91 Å². The van der Waals surface area contributed by atoms with Crippen molar-refractivity contribution >= 4 is 29.7 Å². The summed E-state index contributed by atoms with van der Waals surface area (Å²) in [6.45, 7) is 0.845. The fourth-order valence-electron chi connectivity index (χ4n) is 2.40. The van der Waals surface area contributed by atoms with Crippen LogP contribution in [0.4, 0.5) is 4.79 Å². The molecule has 1 unspecified atom stereocenters. The van der Waals surface area contributed by atoms with E-state index in [9.17, 15) is 14.4 Å². The standard InChI is InChI=1S/C11H17N3O4S/c12-9(15)7-2-1-3-13(4-7)11(18)14-6-19-5-8(14)10(16)17/h7-8H,1-6H2,(H2,12,15)(H,16,17)/t7?,8-/m0/s1. The van der Waals surface area contributed by atoms with E-state index in [2.05, 4.69) is 0 Å².